The first-order valence-corrected chi connectivity index (χ1v) is 12.0. The van der Waals surface area contributed by atoms with Crippen LogP contribution < -0.4 is 15.5 Å². The summed E-state index contributed by atoms with van der Waals surface area (Å²) in [7, 11) is 0. The number of carbonyl (C=O) groups excluding carboxylic acids is 1. The molecule has 1 atom stereocenters. The van der Waals surface area contributed by atoms with Crippen LogP contribution in [0.25, 0.3) is 11.1 Å². The molecule has 8 heteroatoms. The number of carboxylic acid groups (broad SMARTS) is 1. The van der Waals surface area contributed by atoms with Crippen molar-refractivity contribution in [2.75, 3.05) is 43.1 Å². The van der Waals surface area contributed by atoms with Gasteiger partial charge in [-0.25, -0.2) is 0 Å². The molecular formula is C28H31N3O5. The number of aliphatic carboxylic acids is 1. The lowest BCUT2D eigenvalue weighted by Gasteiger charge is -2.28. The molecule has 0 radical (unpaired) electrons. The normalized spacial score (nSPS) is 14.3. The number of aliphatic hydroxyl groups is 1. The van der Waals surface area contributed by atoms with E-state index in [0.717, 1.165) is 59.9 Å². The number of hydrogen-bond donors (Lipinski definition) is 4. The van der Waals surface area contributed by atoms with Crippen LogP contribution in [0.2, 0.25) is 0 Å². The van der Waals surface area contributed by atoms with Gasteiger partial charge in [0.15, 0.2) is 0 Å². The van der Waals surface area contributed by atoms with Crippen LogP contribution in [0, 0.1) is 6.92 Å². The third-order valence-corrected chi connectivity index (χ3v) is 6.30. The number of morpholine rings is 1. The van der Waals surface area contributed by atoms with Crippen LogP contribution in [0.3, 0.4) is 0 Å². The molecule has 36 heavy (non-hydrogen) atoms. The predicted octanol–water partition coefficient (Wildman–Crippen LogP) is 3.29. The third kappa shape index (κ3) is 6.28. The number of carboxylic acids is 1. The minimum Gasteiger partial charge on any atom is -0.480 e. The third-order valence-electron chi connectivity index (χ3n) is 6.30. The van der Waals surface area contributed by atoms with Crippen molar-refractivity contribution in [3.8, 4) is 11.1 Å². The topological polar surface area (TPSA) is 111 Å². The Labute approximate surface area is 210 Å². The maximum absolute atomic E-state index is 13.0. The molecule has 1 saturated heterocycles. The van der Waals surface area contributed by atoms with Crippen molar-refractivity contribution in [1.29, 1.82) is 0 Å². The lowest BCUT2D eigenvalue weighted by atomic mass is 9.97. The Kier molecular flexibility index (Phi) is 8.32. The number of aryl methyl sites for hydroxylation is 1. The molecule has 0 aromatic heterocycles. The Morgan fingerprint density at radius 3 is 2.33 bits per heavy atom. The summed E-state index contributed by atoms with van der Waals surface area (Å²) in [4.78, 5) is 26.3. The van der Waals surface area contributed by atoms with E-state index in [2.05, 4.69) is 15.5 Å². The van der Waals surface area contributed by atoms with Crippen molar-refractivity contribution in [3.63, 3.8) is 0 Å². The summed E-state index contributed by atoms with van der Waals surface area (Å²) in [6, 6.07) is 20.2. The first-order chi connectivity index (χ1) is 17.4. The van der Waals surface area contributed by atoms with Crippen LogP contribution in [-0.2, 0) is 16.1 Å². The molecule has 1 aliphatic heterocycles. The van der Waals surface area contributed by atoms with Gasteiger partial charge in [-0.2, -0.15) is 0 Å². The number of hydrogen-bond acceptors (Lipinski definition) is 6. The summed E-state index contributed by atoms with van der Waals surface area (Å²) in [5, 5.41) is 24.0. The average Bonchev–Trinajstić information content (AvgIpc) is 2.90. The summed E-state index contributed by atoms with van der Waals surface area (Å²) in [6.45, 7) is 5.02. The number of ether oxygens (including phenoxy) is 1. The van der Waals surface area contributed by atoms with Gasteiger partial charge in [0.1, 0.15) is 6.04 Å². The summed E-state index contributed by atoms with van der Waals surface area (Å²) < 4.78 is 5.40. The lowest BCUT2D eigenvalue weighted by Crippen LogP contribution is -2.39. The Balaban J connectivity index is 1.42. The lowest BCUT2D eigenvalue weighted by molar-refractivity contribution is -0.140. The zero-order valence-corrected chi connectivity index (χ0v) is 20.2. The highest BCUT2D eigenvalue weighted by molar-refractivity contribution is 6.05. The highest BCUT2D eigenvalue weighted by Crippen LogP contribution is 2.26. The molecule has 1 aliphatic rings. The van der Waals surface area contributed by atoms with Crippen LogP contribution >= 0.6 is 0 Å². The van der Waals surface area contributed by atoms with E-state index in [1.54, 1.807) is 0 Å². The fraction of sp³-hybridized carbons (Fsp3) is 0.286. The number of nitrogens with zero attached hydrogens (tertiary/aromatic N) is 1. The van der Waals surface area contributed by atoms with Crippen LogP contribution in [-0.4, -0.2) is 61.0 Å². The standard InChI is InChI=1S/C28H31N3O5/c1-19-2-5-22(27(33)30-23-8-10-24(11-9-23)31-12-14-36-15-13-31)16-25(19)21-6-3-20(4-7-21)17-29-26(18-32)28(34)35/h2-11,16,26,29,32H,12-15,17-18H2,1H3,(H,30,33)(H,34,35). The van der Waals surface area contributed by atoms with Crippen molar-refractivity contribution in [2.24, 2.45) is 0 Å². The summed E-state index contributed by atoms with van der Waals surface area (Å²) in [6.07, 6.45) is 0. The van der Waals surface area contributed by atoms with E-state index in [1.165, 1.54) is 0 Å². The van der Waals surface area contributed by atoms with Crippen LogP contribution in [0.5, 0.6) is 0 Å². The molecule has 0 bridgehead atoms. The first kappa shape index (κ1) is 25.4. The molecule has 4 N–H and O–H groups in total. The second-order valence-corrected chi connectivity index (χ2v) is 8.78. The van der Waals surface area contributed by atoms with Crippen LogP contribution in [0.1, 0.15) is 21.5 Å². The summed E-state index contributed by atoms with van der Waals surface area (Å²) in [5.74, 6) is -1.27. The van der Waals surface area contributed by atoms with Crippen molar-refractivity contribution >= 4 is 23.3 Å². The van der Waals surface area contributed by atoms with E-state index in [9.17, 15) is 9.59 Å². The highest BCUT2D eigenvalue weighted by Gasteiger charge is 2.15. The van der Waals surface area contributed by atoms with E-state index in [0.29, 0.717) is 12.1 Å². The molecule has 4 rings (SSSR count). The van der Waals surface area contributed by atoms with Crippen LogP contribution in [0.15, 0.2) is 66.7 Å². The number of benzene rings is 3. The second kappa shape index (κ2) is 11.8. The van der Waals surface area contributed by atoms with Gasteiger partial charge in [0.25, 0.3) is 5.91 Å². The molecule has 3 aromatic rings. The minimum atomic E-state index is -1.09. The number of aliphatic hydroxyl groups excluding tert-OH is 1. The molecule has 188 valence electrons. The number of rotatable bonds is 9. The number of amides is 1. The fourth-order valence-electron chi connectivity index (χ4n) is 4.13. The van der Waals surface area contributed by atoms with E-state index in [-0.39, 0.29) is 5.91 Å². The molecule has 0 saturated carbocycles. The monoisotopic (exact) mass is 489 g/mol. The van der Waals surface area contributed by atoms with Gasteiger partial charge in [-0.3, -0.25) is 14.9 Å². The Bertz CT molecular complexity index is 1190. The molecule has 0 aliphatic carbocycles. The smallest absolute Gasteiger partial charge is 0.323 e. The van der Waals surface area contributed by atoms with Crippen molar-refractivity contribution in [3.05, 3.63) is 83.4 Å². The molecule has 1 fully saturated rings. The molecule has 0 spiro atoms. The van der Waals surface area contributed by atoms with Crippen LogP contribution in [0.4, 0.5) is 11.4 Å². The van der Waals surface area contributed by atoms with Crippen molar-refractivity contribution in [2.45, 2.75) is 19.5 Å². The number of anilines is 2. The average molecular weight is 490 g/mol. The quantitative estimate of drug-likeness (QED) is 0.365. The molecular weight excluding hydrogens is 458 g/mol. The van der Waals surface area contributed by atoms with Gasteiger partial charge >= 0.3 is 5.97 Å². The predicted molar refractivity (Wildman–Crippen MR) is 139 cm³/mol. The van der Waals surface area contributed by atoms with E-state index < -0.39 is 18.6 Å². The molecule has 8 nitrogen and oxygen atoms in total. The van der Waals surface area contributed by atoms with E-state index in [4.69, 9.17) is 14.9 Å². The van der Waals surface area contributed by atoms with Gasteiger partial charge in [-0.05, 0) is 65.6 Å². The van der Waals surface area contributed by atoms with Gasteiger partial charge in [-0.15, -0.1) is 0 Å². The molecule has 3 aromatic carbocycles. The van der Waals surface area contributed by atoms with E-state index >= 15 is 0 Å². The summed E-state index contributed by atoms with van der Waals surface area (Å²) in [5.41, 5.74) is 6.25. The Hall–Kier alpha value is -3.72. The zero-order chi connectivity index (χ0) is 25.5. The van der Waals surface area contributed by atoms with Gasteiger partial charge in [0.05, 0.1) is 19.8 Å². The Morgan fingerprint density at radius 2 is 1.69 bits per heavy atom. The fourth-order valence-corrected chi connectivity index (χ4v) is 4.13. The largest absolute Gasteiger partial charge is 0.480 e. The van der Waals surface area contributed by atoms with Gasteiger partial charge in [0, 0.05) is 36.6 Å². The highest BCUT2D eigenvalue weighted by atomic mass is 16.5. The van der Waals surface area contributed by atoms with Gasteiger partial charge in [-0.1, -0.05) is 30.3 Å². The van der Waals surface area contributed by atoms with Gasteiger partial charge < -0.3 is 25.2 Å². The zero-order valence-electron chi connectivity index (χ0n) is 20.2. The molecule has 1 heterocycles. The Morgan fingerprint density at radius 1 is 1.00 bits per heavy atom. The maximum Gasteiger partial charge on any atom is 0.323 e. The van der Waals surface area contributed by atoms with Crippen molar-refractivity contribution in [1.82, 2.24) is 5.32 Å². The molecule has 1 unspecified atom stereocenters. The summed E-state index contributed by atoms with van der Waals surface area (Å²) >= 11 is 0. The number of carbonyl (C=O) groups is 2. The molecule has 1 amide bonds. The maximum atomic E-state index is 13.0. The van der Waals surface area contributed by atoms with E-state index in [1.807, 2.05) is 73.7 Å². The minimum absolute atomic E-state index is 0.181. The number of nitrogens with one attached hydrogen (secondary N) is 2. The van der Waals surface area contributed by atoms with Gasteiger partial charge in [0.2, 0.25) is 0 Å². The second-order valence-electron chi connectivity index (χ2n) is 8.78. The first-order valence-electron chi connectivity index (χ1n) is 12.0. The van der Waals surface area contributed by atoms with Crippen molar-refractivity contribution < 1.29 is 24.5 Å². The SMILES string of the molecule is Cc1ccc(C(=O)Nc2ccc(N3CCOCC3)cc2)cc1-c1ccc(CNC(CO)C(=O)O)cc1.